The van der Waals surface area contributed by atoms with E-state index in [4.69, 9.17) is 4.74 Å². The zero-order valence-corrected chi connectivity index (χ0v) is 22.7. The summed E-state index contributed by atoms with van der Waals surface area (Å²) in [6.07, 6.45) is 3.49. The Hall–Kier alpha value is -2.63. The summed E-state index contributed by atoms with van der Waals surface area (Å²) < 4.78 is 58.3. The molecule has 1 fully saturated rings. The van der Waals surface area contributed by atoms with Gasteiger partial charge in [0.15, 0.2) is 0 Å². The average molecular weight is 538 g/mol. The molecule has 1 heterocycles. The van der Waals surface area contributed by atoms with Gasteiger partial charge in [-0.15, -0.1) is 0 Å². The van der Waals surface area contributed by atoms with E-state index < -0.39 is 20.0 Å². The smallest absolute Gasteiger partial charge is 0.243 e. The lowest BCUT2D eigenvalue weighted by molar-refractivity contribution is -0.121. The number of carbonyl (C=O) groups excluding carboxylic acids is 1. The molecule has 198 valence electrons. The van der Waals surface area contributed by atoms with Crippen molar-refractivity contribution < 1.29 is 26.4 Å². The number of amides is 1. The van der Waals surface area contributed by atoms with Gasteiger partial charge in [0, 0.05) is 26.1 Å². The summed E-state index contributed by atoms with van der Waals surface area (Å²) in [7, 11) is -6.94. The van der Waals surface area contributed by atoms with Crippen molar-refractivity contribution in [1.29, 1.82) is 0 Å². The molecule has 2 aromatic carbocycles. The first kappa shape index (κ1) is 27.9. The van der Waals surface area contributed by atoms with Gasteiger partial charge < -0.3 is 10.1 Å². The third-order valence-electron chi connectivity index (χ3n) is 6.23. The van der Waals surface area contributed by atoms with Gasteiger partial charge in [-0.2, -0.15) is 4.31 Å². The van der Waals surface area contributed by atoms with Crippen LogP contribution in [0.4, 0.5) is 5.69 Å². The highest BCUT2D eigenvalue weighted by Crippen LogP contribution is 2.25. The highest BCUT2D eigenvalue weighted by molar-refractivity contribution is 7.92. The normalized spacial score (nSPS) is 14.5. The molecule has 1 N–H and O–H groups in total. The molecule has 1 aliphatic heterocycles. The van der Waals surface area contributed by atoms with Gasteiger partial charge in [-0.25, -0.2) is 16.8 Å². The number of nitrogens with zero attached hydrogens (tertiary/aromatic N) is 2. The summed E-state index contributed by atoms with van der Waals surface area (Å²) in [4.78, 5) is 12.5. The molecule has 1 saturated heterocycles. The Morgan fingerprint density at radius 1 is 1.03 bits per heavy atom. The molecule has 0 atom stereocenters. The molecule has 0 saturated carbocycles. The van der Waals surface area contributed by atoms with Crippen LogP contribution in [-0.4, -0.2) is 66.1 Å². The van der Waals surface area contributed by atoms with Crippen LogP contribution in [0.5, 0.6) is 5.75 Å². The van der Waals surface area contributed by atoms with Crippen LogP contribution in [-0.2, 0) is 24.8 Å². The predicted octanol–water partition coefficient (Wildman–Crippen LogP) is 2.83. The van der Waals surface area contributed by atoms with E-state index in [0.717, 1.165) is 24.0 Å². The van der Waals surface area contributed by atoms with E-state index in [1.165, 1.54) is 27.0 Å². The number of hydrogen-bond donors (Lipinski definition) is 1. The minimum atomic E-state index is -3.48. The van der Waals surface area contributed by atoms with Crippen LogP contribution in [0, 0.1) is 13.8 Å². The zero-order chi connectivity index (χ0) is 26.3. The van der Waals surface area contributed by atoms with Crippen LogP contribution < -0.4 is 14.4 Å². The topological polar surface area (TPSA) is 113 Å². The van der Waals surface area contributed by atoms with Crippen LogP contribution in [0.15, 0.2) is 47.4 Å². The molecule has 1 amide bonds. The summed E-state index contributed by atoms with van der Waals surface area (Å²) in [5, 5.41) is 2.76. The summed E-state index contributed by atoms with van der Waals surface area (Å²) in [6, 6.07) is 11.8. The fourth-order valence-corrected chi connectivity index (χ4v) is 6.62. The fourth-order valence-electron chi connectivity index (χ4n) is 4.09. The molecular weight excluding hydrogens is 502 g/mol. The lowest BCUT2D eigenvalue weighted by Crippen LogP contribution is -2.33. The number of rotatable bonds is 12. The van der Waals surface area contributed by atoms with Crippen molar-refractivity contribution in [3.05, 3.63) is 53.6 Å². The molecule has 0 aliphatic carbocycles. The number of benzene rings is 2. The number of nitrogens with one attached hydrogen (secondary N) is 1. The van der Waals surface area contributed by atoms with Crippen molar-refractivity contribution >= 4 is 31.6 Å². The van der Waals surface area contributed by atoms with Crippen molar-refractivity contribution in [2.45, 2.75) is 44.4 Å². The SMILES string of the molecule is Cc1cccc(N(CCCC(=O)NCCOc2ccc(S(=O)(=O)N3CCCC3)cc2)S(C)(=O)=O)c1C. The second-order valence-electron chi connectivity index (χ2n) is 8.94. The molecule has 36 heavy (non-hydrogen) atoms. The molecule has 2 aromatic rings. The van der Waals surface area contributed by atoms with Crippen LogP contribution in [0.3, 0.4) is 0 Å². The van der Waals surface area contributed by atoms with Crippen molar-refractivity contribution in [2.24, 2.45) is 0 Å². The van der Waals surface area contributed by atoms with Gasteiger partial charge >= 0.3 is 0 Å². The highest BCUT2D eigenvalue weighted by atomic mass is 32.2. The lowest BCUT2D eigenvalue weighted by Gasteiger charge is -2.24. The molecule has 3 rings (SSSR count). The Balaban J connectivity index is 1.42. The Labute approximate surface area is 214 Å². The van der Waals surface area contributed by atoms with E-state index in [-0.39, 0.29) is 36.9 Å². The van der Waals surface area contributed by atoms with Gasteiger partial charge in [0.25, 0.3) is 0 Å². The van der Waals surface area contributed by atoms with E-state index >= 15 is 0 Å². The van der Waals surface area contributed by atoms with Crippen molar-refractivity contribution in [3.63, 3.8) is 0 Å². The van der Waals surface area contributed by atoms with Crippen LogP contribution in [0.1, 0.15) is 36.8 Å². The van der Waals surface area contributed by atoms with Gasteiger partial charge in [-0.1, -0.05) is 12.1 Å². The van der Waals surface area contributed by atoms with E-state index in [0.29, 0.717) is 30.9 Å². The quantitative estimate of drug-likeness (QED) is 0.417. The van der Waals surface area contributed by atoms with E-state index in [2.05, 4.69) is 5.32 Å². The Bertz CT molecular complexity index is 1260. The maximum Gasteiger partial charge on any atom is 0.243 e. The second kappa shape index (κ2) is 12.1. The van der Waals surface area contributed by atoms with Crippen LogP contribution >= 0.6 is 0 Å². The minimum Gasteiger partial charge on any atom is -0.492 e. The standard InChI is InChI=1S/C25H35N3O6S2/c1-20-8-6-9-24(21(20)2)28(35(3,30)31)18-7-10-25(29)26-15-19-34-22-11-13-23(14-12-22)36(32,33)27-16-4-5-17-27/h6,8-9,11-14H,4-5,7,10,15-19H2,1-3H3,(H,26,29). The van der Waals surface area contributed by atoms with Gasteiger partial charge in [0.05, 0.1) is 23.4 Å². The average Bonchev–Trinajstić information content (AvgIpc) is 3.37. The number of carbonyl (C=O) groups is 1. The fraction of sp³-hybridized carbons (Fsp3) is 0.480. The van der Waals surface area contributed by atoms with E-state index in [9.17, 15) is 21.6 Å². The van der Waals surface area contributed by atoms with E-state index in [1.54, 1.807) is 18.2 Å². The molecule has 0 spiro atoms. The van der Waals surface area contributed by atoms with Crippen molar-refractivity contribution in [1.82, 2.24) is 9.62 Å². The van der Waals surface area contributed by atoms with Gasteiger partial charge in [-0.05, 0) is 74.6 Å². The number of ether oxygens (including phenoxy) is 1. The van der Waals surface area contributed by atoms with Gasteiger partial charge in [0.1, 0.15) is 12.4 Å². The van der Waals surface area contributed by atoms with Crippen LogP contribution in [0.2, 0.25) is 0 Å². The molecule has 1 aliphatic rings. The molecule has 9 nitrogen and oxygen atoms in total. The molecule has 0 aromatic heterocycles. The second-order valence-corrected chi connectivity index (χ2v) is 12.8. The van der Waals surface area contributed by atoms with E-state index in [1.807, 2.05) is 26.0 Å². The lowest BCUT2D eigenvalue weighted by atomic mass is 10.1. The Morgan fingerprint density at radius 3 is 2.33 bits per heavy atom. The Morgan fingerprint density at radius 2 is 1.69 bits per heavy atom. The monoisotopic (exact) mass is 537 g/mol. The predicted molar refractivity (Wildman–Crippen MR) is 140 cm³/mol. The first-order valence-electron chi connectivity index (χ1n) is 12.0. The highest BCUT2D eigenvalue weighted by Gasteiger charge is 2.27. The maximum atomic E-state index is 12.6. The molecular formula is C25H35N3O6S2. The van der Waals surface area contributed by atoms with Crippen molar-refractivity contribution in [2.75, 3.05) is 43.3 Å². The molecule has 0 radical (unpaired) electrons. The number of hydrogen-bond acceptors (Lipinski definition) is 6. The minimum absolute atomic E-state index is 0.180. The third kappa shape index (κ3) is 7.21. The van der Waals surface area contributed by atoms with Gasteiger partial charge in [-0.3, -0.25) is 9.10 Å². The first-order valence-corrected chi connectivity index (χ1v) is 15.3. The molecule has 0 unspecified atom stereocenters. The number of aryl methyl sites for hydroxylation is 1. The summed E-state index contributed by atoms with van der Waals surface area (Å²) in [5.41, 5.74) is 2.53. The van der Waals surface area contributed by atoms with Crippen LogP contribution in [0.25, 0.3) is 0 Å². The maximum absolute atomic E-state index is 12.6. The summed E-state index contributed by atoms with van der Waals surface area (Å²) in [5.74, 6) is 0.321. The van der Waals surface area contributed by atoms with Crippen molar-refractivity contribution in [3.8, 4) is 5.75 Å². The number of anilines is 1. The largest absolute Gasteiger partial charge is 0.492 e. The summed E-state index contributed by atoms with van der Waals surface area (Å²) in [6.45, 7) is 5.63. The molecule has 11 heteroatoms. The Kier molecular flexibility index (Phi) is 9.37. The first-order chi connectivity index (χ1) is 17.0. The molecule has 0 bridgehead atoms. The van der Waals surface area contributed by atoms with Gasteiger partial charge in [0.2, 0.25) is 26.0 Å². The third-order valence-corrected chi connectivity index (χ3v) is 9.32. The summed E-state index contributed by atoms with van der Waals surface area (Å²) >= 11 is 0. The number of sulfonamides is 2. The zero-order valence-electron chi connectivity index (χ0n) is 21.1.